The number of rotatable bonds is 4. The summed E-state index contributed by atoms with van der Waals surface area (Å²) in [4.78, 5) is 7.23. The molecule has 0 bridgehead atoms. The quantitative estimate of drug-likeness (QED) is 0.896. The Kier molecular flexibility index (Phi) is 4.36. The van der Waals surface area contributed by atoms with Crippen molar-refractivity contribution in [3.63, 3.8) is 0 Å². The van der Waals surface area contributed by atoms with Crippen LogP contribution in [-0.2, 0) is 6.54 Å². The summed E-state index contributed by atoms with van der Waals surface area (Å²) >= 11 is 7.08. The Bertz CT molecular complexity index is 504. The molecule has 0 aliphatic carbocycles. The highest BCUT2D eigenvalue weighted by molar-refractivity contribution is 9.10. The van der Waals surface area contributed by atoms with Crippen LogP contribution in [0.4, 0.5) is 0 Å². The standard InChI is InChI=1S/C12H15BrN2S2/c1-7(12-8(2)17-9(3)15-12)14-6-11-10(13)4-5-16-11/h4-5,7,14H,6H2,1-3H3. The third-order valence-electron chi connectivity index (χ3n) is 2.61. The van der Waals surface area contributed by atoms with E-state index >= 15 is 0 Å². The van der Waals surface area contributed by atoms with Gasteiger partial charge in [0.05, 0.1) is 10.7 Å². The molecule has 0 saturated carbocycles. The number of aromatic nitrogens is 1. The highest BCUT2D eigenvalue weighted by atomic mass is 79.9. The van der Waals surface area contributed by atoms with Crippen molar-refractivity contribution < 1.29 is 0 Å². The molecule has 0 aliphatic heterocycles. The Morgan fingerprint density at radius 1 is 1.47 bits per heavy atom. The Labute approximate surface area is 118 Å². The van der Waals surface area contributed by atoms with Gasteiger partial charge in [0.2, 0.25) is 0 Å². The van der Waals surface area contributed by atoms with E-state index in [9.17, 15) is 0 Å². The van der Waals surface area contributed by atoms with E-state index in [4.69, 9.17) is 0 Å². The zero-order valence-electron chi connectivity index (χ0n) is 10.1. The summed E-state index contributed by atoms with van der Waals surface area (Å²) in [5.74, 6) is 0. The lowest BCUT2D eigenvalue weighted by atomic mass is 10.2. The second-order valence-electron chi connectivity index (χ2n) is 3.97. The largest absolute Gasteiger partial charge is 0.304 e. The summed E-state index contributed by atoms with van der Waals surface area (Å²) in [5.41, 5.74) is 1.18. The van der Waals surface area contributed by atoms with Crippen LogP contribution in [0.3, 0.4) is 0 Å². The fraction of sp³-hybridized carbons (Fsp3) is 0.417. The van der Waals surface area contributed by atoms with Crippen molar-refractivity contribution in [3.05, 3.63) is 36.4 Å². The number of aryl methyl sites for hydroxylation is 2. The number of halogens is 1. The van der Waals surface area contributed by atoms with Gasteiger partial charge < -0.3 is 5.32 Å². The third kappa shape index (κ3) is 3.16. The average molecular weight is 331 g/mol. The first-order valence-electron chi connectivity index (χ1n) is 5.47. The fourth-order valence-electron chi connectivity index (χ4n) is 1.74. The molecule has 2 heterocycles. The lowest BCUT2D eigenvalue weighted by molar-refractivity contribution is 0.564. The number of hydrogen-bond donors (Lipinski definition) is 1. The van der Waals surface area contributed by atoms with E-state index in [0.717, 1.165) is 11.6 Å². The van der Waals surface area contributed by atoms with Crippen molar-refractivity contribution >= 4 is 38.6 Å². The minimum Gasteiger partial charge on any atom is -0.304 e. The minimum atomic E-state index is 0.300. The van der Waals surface area contributed by atoms with Gasteiger partial charge in [0, 0.05) is 26.8 Å². The van der Waals surface area contributed by atoms with Gasteiger partial charge in [0.1, 0.15) is 0 Å². The van der Waals surface area contributed by atoms with Gasteiger partial charge in [0.25, 0.3) is 0 Å². The van der Waals surface area contributed by atoms with Crippen LogP contribution in [0, 0.1) is 13.8 Å². The van der Waals surface area contributed by atoms with Gasteiger partial charge in [-0.05, 0) is 48.1 Å². The van der Waals surface area contributed by atoms with Gasteiger partial charge in [-0.1, -0.05) is 0 Å². The first-order valence-corrected chi connectivity index (χ1v) is 7.96. The number of thiophene rings is 1. The van der Waals surface area contributed by atoms with Crippen molar-refractivity contribution in [3.8, 4) is 0 Å². The summed E-state index contributed by atoms with van der Waals surface area (Å²) in [5, 5.41) is 6.76. The molecule has 17 heavy (non-hydrogen) atoms. The van der Waals surface area contributed by atoms with E-state index in [1.807, 2.05) is 0 Å². The molecular weight excluding hydrogens is 316 g/mol. The second-order valence-corrected chi connectivity index (χ2v) is 7.23. The Balaban J connectivity index is 2.00. The Hall–Kier alpha value is -0.230. The molecule has 2 nitrogen and oxygen atoms in total. The summed E-state index contributed by atoms with van der Waals surface area (Å²) in [6, 6.07) is 2.39. The van der Waals surface area contributed by atoms with Gasteiger partial charge in [-0.25, -0.2) is 4.98 Å². The van der Waals surface area contributed by atoms with Crippen LogP contribution < -0.4 is 5.32 Å². The van der Waals surface area contributed by atoms with Crippen molar-refractivity contribution in [1.82, 2.24) is 10.3 Å². The minimum absolute atomic E-state index is 0.300. The Morgan fingerprint density at radius 2 is 2.24 bits per heavy atom. The first-order chi connectivity index (χ1) is 8.08. The lowest BCUT2D eigenvalue weighted by Gasteiger charge is -2.12. The maximum absolute atomic E-state index is 4.58. The van der Waals surface area contributed by atoms with Crippen molar-refractivity contribution in [1.29, 1.82) is 0 Å². The Morgan fingerprint density at radius 3 is 2.76 bits per heavy atom. The topological polar surface area (TPSA) is 24.9 Å². The van der Waals surface area contributed by atoms with E-state index in [1.165, 1.54) is 19.9 Å². The second kappa shape index (κ2) is 5.61. The van der Waals surface area contributed by atoms with Crippen LogP contribution >= 0.6 is 38.6 Å². The highest BCUT2D eigenvalue weighted by Gasteiger charge is 2.13. The molecule has 1 N–H and O–H groups in total. The molecule has 2 aromatic heterocycles. The maximum atomic E-state index is 4.58. The fourth-order valence-corrected chi connectivity index (χ4v) is 4.10. The van der Waals surface area contributed by atoms with Crippen LogP contribution in [0.25, 0.3) is 0 Å². The normalized spacial score (nSPS) is 12.9. The summed E-state index contributed by atoms with van der Waals surface area (Å²) in [7, 11) is 0. The van der Waals surface area contributed by atoms with Crippen molar-refractivity contribution in [2.75, 3.05) is 0 Å². The van der Waals surface area contributed by atoms with Crippen LogP contribution in [-0.4, -0.2) is 4.98 Å². The van der Waals surface area contributed by atoms with Gasteiger partial charge >= 0.3 is 0 Å². The molecule has 2 aromatic rings. The van der Waals surface area contributed by atoms with Gasteiger partial charge in [-0.15, -0.1) is 22.7 Å². The molecule has 0 fully saturated rings. The van der Waals surface area contributed by atoms with Crippen molar-refractivity contribution in [2.45, 2.75) is 33.4 Å². The molecule has 1 atom stereocenters. The third-order valence-corrected chi connectivity index (χ3v) is 5.44. The molecule has 5 heteroatoms. The van der Waals surface area contributed by atoms with Gasteiger partial charge in [0.15, 0.2) is 0 Å². The molecule has 0 aromatic carbocycles. The van der Waals surface area contributed by atoms with Crippen LogP contribution in [0.1, 0.15) is 33.4 Å². The van der Waals surface area contributed by atoms with E-state index < -0.39 is 0 Å². The van der Waals surface area contributed by atoms with Crippen LogP contribution in [0.5, 0.6) is 0 Å². The smallest absolute Gasteiger partial charge is 0.0900 e. The predicted octanol–water partition coefficient (Wildman–Crippen LogP) is 4.43. The highest BCUT2D eigenvalue weighted by Crippen LogP contribution is 2.25. The van der Waals surface area contributed by atoms with Crippen LogP contribution in [0.15, 0.2) is 15.9 Å². The van der Waals surface area contributed by atoms with Crippen LogP contribution in [0.2, 0.25) is 0 Å². The molecule has 0 amide bonds. The van der Waals surface area contributed by atoms with Gasteiger partial charge in [-0.2, -0.15) is 0 Å². The maximum Gasteiger partial charge on any atom is 0.0900 e. The molecular formula is C12H15BrN2S2. The average Bonchev–Trinajstić information content (AvgIpc) is 2.81. The summed E-state index contributed by atoms with van der Waals surface area (Å²) in [6.07, 6.45) is 0. The molecule has 0 aliphatic rings. The lowest BCUT2D eigenvalue weighted by Crippen LogP contribution is -2.18. The number of thiazole rings is 1. The molecule has 2 rings (SSSR count). The predicted molar refractivity (Wildman–Crippen MR) is 78.9 cm³/mol. The zero-order valence-corrected chi connectivity index (χ0v) is 13.3. The molecule has 1 unspecified atom stereocenters. The molecule has 92 valence electrons. The number of nitrogens with one attached hydrogen (secondary N) is 1. The van der Waals surface area contributed by atoms with E-state index in [-0.39, 0.29) is 0 Å². The van der Waals surface area contributed by atoms with E-state index in [2.05, 4.69) is 58.4 Å². The van der Waals surface area contributed by atoms with E-state index in [1.54, 1.807) is 22.7 Å². The first kappa shape index (κ1) is 13.2. The summed E-state index contributed by atoms with van der Waals surface area (Å²) < 4.78 is 1.19. The number of hydrogen-bond acceptors (Lipinski definition) is 4. The van der Waals surface area contributed by atoms with Crippen molar-refractivity contribution in [2.24, 2.45) is 0 Å². The monoisotopic (exact) mass is 330 g/mol. The SMILES string of the molecule is Cc1nc(C(C)NCc2sccc2Br)c(C)s1. The number of nitrogens with zero attached hydrogens (tertiary/aromatic N) is 1. The molecule has 0 radical (unpaired) electrons. The zero-order chi connectivity index (χ0) is 12.4. The summed E-state index contributed by atoms with van der Waals surface area (Å²) in [6.45, 7) is 7.25. The van der Waals surface area contributed by atoms with E-state index in [0.29, 0.717) is 6.04 Å². The molecule has 0 spiro atoms. The van der Waals surface area contributed by atoms with Gasteiger partial charge in [-0.3, -0.25) is 0 Å². The molecule has 0 saturated heterocycles.